The first-order valence-electron chi connectivity index (χ1n) is 5.89. The minimum absolute atomic E-state index is 0.0768. The molecule has 2 rings (SSSR count). The van der Waals surface area contributed by atoms with Gasteiger partial charge in [0.2, 0.25) is 0 Å². The van der Waals surface area contributed by atoms with Crippen LogP contribution in [0.25, 0.3) is 0 Å². The Hall–Kier alpha value is -2.02. The van der Waals surface area contributed by atoms with Crippen LogP contribution in [0.5, 0.6) is 0 Å². The molecule has 0 heterocycles. The summed E-state index contributed by atoms with van der Waals surface area (Å²) < 4.78 is 20.2. The molecule has 2 N–H and O–H groups in total. The van der Waals surface area contributed by atoms with E-state index in [0.717, 1.165) is 5.56 Å². The van der Waals surface area contributed by atoms with Crippen molar-refractivity contribution < 1.29 is 14.0 Å². The van der Waals surface area contributed by atoms with Gasteiger partial charge in [0.1, 0.15) is 5.37 Å². The summed E-state index contributed by atoms with van der Waals surface area (Å²) in [6.45, 7) is 0. The fourth-order valence-electron chi connectivity index (χ4n) is 1.69. The minimum Gasteiger partial charge on any atom is -0.258 e. The highest BCUT2D eigenvalue weighted by Gasteiger charge is 2.21. The first-order chi connectivity index (χ1) is 9.49. The second-order valence-electron chi connectivity index (χ2n) is 4.20. The standard InChI is InChI=1S/C14H14NO4S/c16-15(17)13-6-8-14(9-7-13)20(18,19)11-10-12-4-2-1-3-5-12/h1-9,11,18-19H,10H2/q+1. The van der Waals surface area contributed by atoms with Gasteiger partial charge in [0.05, 0.1) is 4.92 Å². The summed E-state index contributed by atoms with van der Waals surface area (Å²) in [7, 11) is -3.05. The van der Waals surface area contributed by atoms with E-state index in [2.05, 4.69) is 0 Å². The number of non-ortho nitro benzene ring substituents is 1. The molecule has 6 heteroatoms. The molecule has 0 saturated carbocycles. The summed E-state index contributed by atoms with van der Waals surface area (Å²) in [4.78, 5) is 10.3. The second-order valence-corrected chi connectivity index (χ2v) is 6.19. The molecule has 0 saturated heterocycles. The molecule has 20 heavy (non-hydrogen) atoms. The zero-order valence-electron chi connectivity index (χ0n) is 10.5. The maximum Gasteiger partial charge on any atom is 0.269 e. The van der Waals surface area contributed by atoms with Crippen LogP contribution in [0.1, 0.15) is 5.56 Å². The van der Waals surface area contributed by atoms with E-state index >= 15 is 0 Å². The van der Waals surface area contributed by atoms with Gasteiger partial charge in [-0.05, 0) is 5.56 Å². The lowest BCUT2D eigenvalue weighted by molar-refractivity contribution is -0.384. The van der Waals surface area contributed by atoms with Gasteiger partial charge in [-0.15, -0.1) is 0 Å². The van der Waals surface area contributed by atoms with Crippen molar-refractivity contribution in [2.45, 2.75) is 11.3 Å². The highest BCUT2D eigenvalue weighted by molar-refractivity contribution is 8.02. The van der Waals surface area contributed by atoms with Gasteiger partial charge in [0, 0.05) is 30.7 Å². The van der Waals surface area contributed by atoms with Crippen molar-refractivity contribution in [3.05, 3.63) is 70.3 Å². The lowest BCUT2D eigenvalue weighted by Gasteiger charge is -2.04. The number of nitrogens with zero attached hydrogens (tertiary/aromatic N) is 1. The molecule has 0 radical (unpaired) electrons. The molecule has 5 nitrogen and oxygen atoms in total. The number of hydrogen-bond donors (Lipinski definition) is 2. The van der Waals surface area contributed by atoms with Crippen molar-refractivity contribution >= 4 is 21.2 Å². The van der Waals surface area contributed by atoms with Gasteiger partial charge in [-0.25, -0.2) is 0 Å². The number of nitro benzene ring substituents is 1. The van der Waals surface area contributed by atoms with Gasteiger partial charge in [-0.1, -0.05) is 30.3 Å². The molecule has 0 spiro atoms. The van der Waals surface area contributed by atoms with Crippen molar-refractivity contribution in [2.75, 3.05) is 0 Å². The quantitative estimate of drug-likeness (QED) is 0.392. The zero-order chi connectivity index (χ0) is 14.6. The third-order valence-corrected chi connectivity index (χ3v) is 4.39. The van der Waals surface area contributed by atoms with E-state index in [9.17, 15) is 19.2 Å². The summed E-state index contributed by atoms with van der Waals surface area (Å²) in [5, 5.41) is 12.0. The molecule has 2 aromatic carbocycles. The molecule has 0 aliphatic carbocycles. The van der Waals surface area contributed by atoms with Gasteiger partial charge in [0.15, 0.2) is 15.1 Å². The van der Waals surface area contributed by atoms with Crippen LogP contribution in [-0.2, 0) is 16.6 Å². The molecule has 2 aromatic rings. The van der Waals surface area contributed by atoms with E-state index in [4.69, 9.17) is 0 Å². The molecule has 104 valence electrons. The summed E-state index contributed by atoms with van der Waals surface area (Å²) >= 11 is 0. The van der Waals surface area contributed by atoms with E-state index < -0.39 is 15.1 Å². The maximum atomic E-state index is 10.6. The van der Waals surface area contributed by atoms with E-state index in [1.165, 1.54) is 29.6 Å². The lowest BCUT2D eigenvalue weighted by Crippen LogP contribution is -2.13. The van der Waals surface area contributed by atoms with Gasteiger partial charge in [0.25, 0.3) is 5.69 Å². The predicted molar refractivity (Wildman–Crippen MR) is 80.2 cm³/mol. The first kappa shape index (κ1) is 14.4. The highest BCUT2D eigenvalue weighted by Crippen LogP contribution is 2.19. The summed E-state index contributed by atoms with van der Waals surface area (Å²) in [5.74, 6) is 0. The third-order valence-electron chi connectivity index (χ3n) is 2.79. The number of benzene rings is 2. The molecule has 0 aliphatic heterocycles. The highest BCUT2D eigenvalue weighted by atomic mass is 32.3. The van der Waals surface area contributed by atoms with Crippen LogP contribution in [0.3, 0.4) is 0 Å². The van der Waals surface area contributed by atoms with E-state index in [1.54, 1.807) is 0 Å². The molecule has 0 aromatic heterocycles. The Morgan fingerprint density at radius 2 is 1.65 bits per heavy atom. The summed E-state index contributed by atoms with van der Waals surface area (Å²) in [5.41, 5.74) is 0.890. The van der Waals surface area contributed by atoms with E-state index in [1.807, 2.05) is 30.3 Å². The van der Waals surface area contributed by atoms with Gasteiger partial charge in [-0.3, -0.25) is 10.1 Å². The Kier molecular flexibility index (Phi) is 4.29. The second kappa shape index (κ2) is 5.96. The van der Waals surface area contributed by atoms with Crippen LogP contribution in [0.15, 0.2) is 59.5 Å². The zero-order valence-corrected chi connectivity index (χ0v) is 11.4. The van der Waals surface area contributed by atoms with Crippen LogP contribution in [-0.4, -0.2) is 19.4 Å². The topological polar surface area (TPSA) is 83.6 Å². The first-order valence-corrected chi connectivity index (χ1v) is 7.50. The Morgan fingerprint density at radius 3 is 2.20 bits per heavy atom. The van der Waals surface area contributed by atoms with Crippen molar-refractivity contribution in [1.82, 2.24) is 0 Å². The monoisotopic (exact) mass is 292 g/mol. The van der Waals surface area contributed by atoms with Gasteiger partial charge in [-0.2, -0.15) is 9.11 Å². The van der Waals surface area contributed by atoms with E-state index in [-0.39, 0.29) is 10.6 Å². The van der Waals surface area contributed by atoms with Crippen LogP contribution in [0.2, 0.25) is 0 Å². The van der Waals surface area contributed by atoms with Crippen molar-refractivity contribution in [3.63, 3.8) is 0 Å². The van der Waals surface area contributed by atoms with Crippen LogP contribution >= 0.6 is 0 Å². The Bertz CT molecular complexity index is 647. The molecule has 0 aliphatic rings. The normalized spacial score (nSPS) is 11.1. The van der Waals surface area contributed by atoms with Crippen LogP contribution < -0.4 is 0 Å². The average Bonchev–Trinajstić information content (AvgIpc) is 2.46. The maximum absolute atomic E-state index is 10.6. The minimum atomic E-state index is -3.05. The summed E-state index contributed by atoms with van der Waals surface area (Å²) in [6.07, 6.45) is 0.417. The number of rotatable bonds is 4. The fraction of sp³-hybridized carbons (Fsp3) is 0.0714. The molecule has 0 fully saturated rings. The number of hydrogen-bond acceptors (Lipinski definition) is 4. The molecule has 0 unspecified atom stereocenters. The smallest absolute Gasteiger partial charge is 0.258 e. The molecular formula is C14H14NO4S+. The average molecular weight is 292 g/mol. The molecule has 0 atom stereocenters. The third kappa shape index (κ3) is 3.51. The Labute approximate surface area is 117 Å². The number of nitro groups is 1. The molecular weight excluding hydrogens is 278 g/mol. The predicted octanol–water partition coefficient (Wildman–Crippen LogP) is 3.10. The summed E-state index contributed by atoms with van der Waals surface area (Å²) in [6, 6.07) is 14.7. The SMILES string of the molecule is O=[N+]([O-])c1ccc([S+](O)(O)=CCc2ccccc2)cc1. The van der Waals surface area contributed by atoms with Crippen LogP contribution in [0, 0.1) is 10.1 Å². The lowest BCUT2D eigenvalue weighted by atomic mass is 10.2. The molecule has 0 amide bonds. The Morgan fingerprint density at radius 1 is 1.05 bits per heavy atom. The fourth-order valence-corrected chi connectivity index (χ4v) is 2.84. The van der Waals surface area contributed by atoms with Gasteiger partial charge < -0.3 is 0 Å². The van der Waals surface area contributed by atoms with E-state index in [0.29, 0.717) is 6.42 Å². The van der Waals surface area contributed by atoms with Gasteiger partial charge >= 0.3 is 0 Å². The Balaban J connectivity index is 2.22. The molecule has 0 bridgehead atoms. The van der Waals surface area contributed by atoms with Crippen molar-refractivity contribution in [3.8, 4) is 0 Å². The van der Waals surface area contributed by atoms with Crippen molar-refractivity contribution in [2.24, 2.45) is 0 Å². The van der Waals surface area contributed by atoms with Crippen molar-refractivity contribution in [1.29, 1.82) is 0 Å². The largest absolute Gasteiger partial charge is 0.269 e. The van der Waals surface area contributed by atoms with Crippen LogP contribution in [0.4, 0.5) is 5.69 Å².